The van der Waals surface area contributed by atoms with Gasteiger partial charge in [0, 0.05) is 24.5 Å². The van der Waals surface area contributed by atoms with Gasteiger partial charge < -0.3 is 5.32 Å². The second kappa shape index (κ2) is 9.53. The zero-order valence-electron chi connectivity index (χ0n) is 13.8. The first kappa shape index (κ1) is 20.2. The van der Waals surface area contributed by atoms with E-state index in [2.05, 4.69) is 31.8 Å². The van der Waals surface area contributed by atoms with E-state index in [4.69, 9.17) is 0 Å². The number of carbonyl (C=O) groups excluding carboxylic acids is 2. The van der Waals surface area contributed by atoms with Gasteiger partial charge in [-0.15, -0.1) is 0 Å². The fourth-order valence-electron chi connectivity index (χ4n) is 1.99. The number of anilines is 1. The number of hydrogen-bond donors (Lipinski definition) is 2. The lowest BCUT2D eigenvalue weighted by Crippen LogP contribution is -2.21. The quantitative estimate of drug-likeness (QED) is 0.393. The van der Waals surface area contributed by atoms with Gasteiger partial charge in [-0.3, -0.25) is 19.7 Å². The standard InChI is InChI=1S/C17H14BrFN4O4/c18-12-6-5-11(9-15(12)23(26)27)10-20-22-17(25)8-7-16(24)21-14-4-2-1-3-13(14)19/h1-6,9-10H,7-8H2,(H,21,24)(H,22,25). The fraction of sp³-hybridized carbons (Fsp3) is 0.118. The third-order valence-corrected chi connectivity index (χ3v) is 3.97. The lowest BCUT2D eigenvalue weighted by molar-refractivity contribution is -0.385. The molecule has 2 N–H and O–H groups in total. The van der Waals surface area contributed by atoms with Crippen LogP contribution >= 0.6 is 15.9 Å². The molecule has 0 aliphatic carbocycles. The van der Waals surface area contributed by atoms with Crippen LogP contribution in [-0.2, 0) is 9.59 Å². The van der Waals surface area contributed by atoms with Crippen LogP contribution < -0.4 is 10.7 Å². The molecule has 0 bridgehead atoms. The number of amides is 2. The minimum Gasteiger partial charge on any atom is -0.324 e. The van der Waals surface area contributed by atoms with E-state index >= 15 is 0 Å². The zero-order chi connectivity index (χ0) is 19.8. The van der Waals surface area contributed by atoms with E-state index in [9.17, 15) is 24.1 Å². The average Bonchev–Trinajstić information content (AvgIpc) is 2.63. The van der Waals surface area contributed by atoms with Gasteiger partial charge in [-0.2, -0.15) is 5.10 Å². The normalized spacial score (nSPS) is 10.6. The van der Waals surface area contributed by atoms with Gasteiger partial charge in [0.25, 0.3) is 5.69 Å². The second-order valence-electron chi connectivity index (χ2n) is 5.29. The predicted octanol–water partition coefficient (Wildman–Crippen LogP) is 3.37. The maximum Gasteiger partial charge on any atom is 0.284 e. The van der Waals surface area contributed by atoms with Crippen molar-refractivity contribution in [2.75, 3.05) is 5.32 Å². The number of benzene rings is 2. The number of carbonyl (C=O) groups is 2. The molecule has 10 heteroatoms. The van der Waals surface area contributed by atoms with Gasteiger partial charge in [0.05, 0.1) is 21.3 Å². The van der Waals surface area contributed by atoms with E-state index in [0.29, 0.717) is 10.0 Å². The van der Waals surface area contributed by atoms with Crippen LogP contribution in [0.2, 0.25) is 0 Å². The van der Waals surface area contributed by atoms with Gasteiger partial charge in [0.1, 0.15) is 5.82 Å². The summed E-state index contributed by atoms with van der Waals surface area (Å²) in [5.41, 5.74) is 2.55. The molecular weight excluding hydrogens is 423 g/mol. The molecule has 0 radical (unpaired) electrons. The number of rotatable bonds is 7. The number of nitrogens with one attached hydrogen (secondary N) is 2. The van der Waals surface area contributed by atoms with E-state index in [1.807, 2.05) is 0 Å². The Morgan fingerprint density at radius 3 is 2.59 bits per heavy atom. The van der Waals surface area contributed by atoms with Gasteiger partial charge in [0.15, 0.2) is 0 Å². The molecule has 0 aliphatic heterocycles. The molecule has 0 spiro atoms. The number of hydrazone groups is 1. The Bertz CT molecular complexity index is 904. The highest BCUT2D eigenvalue weighted by atomic mass is 79.9. The molecule has 2 rings (SSSR count). The van der Waals surface area contributed by atoms with E-state index in [0.717, 1.165) is 0 Å². The molecule has 0 fully saturated rings. The van der Waals surface area contributed by atoms with Crippen molar-refractivity contribution in [3.8, 4) is 0 Å². The van der Waals surface area contributed by atoms with Crippen molar-refractivity contribution in [3.63, 3.8) is 0 Å². The number of nitrogens with zero attached hydrogens (tertiary/aromatic N) is 2. The highest BCUT2D eigenvalue weighted by Crippen LogP contribution is 2.24. The van der Waals surface area contributed by atoms with Gasteiger partial charge in [-0.1, -0.05) is 18.2 Å². The Labute approximate surface area is 161 Å². The zero-order valence-corrected chi connectivity index (χ0v) is 15.4. The number of nitro benzene ring substituents is 1. The van der Waals surface area contributed by atoms with Crippen molar-refractivity contribution in [1.82, 2.24) is 5.43 Å². The van der Waals surface area contributed by atoms with Crippen molar-refractivity contribution < 1.29 is 18.9 Å². The number of halogens is 2. The molecule has 0 unspecified atom stereocenters. The lowest BCUT2D eigenvalue weighted by Gasteiger charge is -2.05. The Hall–Kier alpha value is -3.14. The summed E-state index contributed by atoms with van der Waals surface area (Å²) in [4.78, 5) is 33.7. The summed E-state index contributed by atoms with van der Waals surface area (Å²) in [7, 11) is 0. The largest absolute Gasteiger partial charge is 0.324 e. The molecule has 27 heavy (non-hydrogen) atoms. The van der Waals surface area contributed by atoms with Gasteiger partial charge in [0.2, 0.25) is 11.8 Å². The number of hydrogen-bond acceptors (Lipinski definition) is 5. The lowest BCUT2D eigenvalue weighted by atomic mass is 10.2. The minimum atomic E-state index is -0.566. The third kappa shape index (κ3) is 6.26. The summed E-state index contributed by atoms with van der Waals surface area (Å²) in [6.07, 6.45) is 0.939. The van der Waals surface area contributed by atoms with Crippen LogP contribution in [0.4, 0.5) is 15.8 Å². The highest BCUT2D eigenvalue weighted by molar-refractivity contribution is 9.10. The molecule has 2 aromatic rings. The van der Waals surface area contributed by atoms with Crippen molar-refractivity contribution >= 4 is 45.3 Å². The predicted molar refractivity (Wildman–Crippen MR) is 101 cm³/mol. The molecule has 0 atom stereocenters. The van der Waals surface area contributed by atoms with Gasteiger partial charge >= 0.3 is 0 Å². The van der Waals surface area contributed by atoms with Crippen LogP contribution in [0.3, 0.4) is 0 Å². The summed E-state index contributed by atoms with van der Waals surface area (Å²) in [6.45, 7) is 0. The van der Waals surface area contributed by atoms with Crippen LogP contribution in [0.15, 0.2) is 52.0 Å². The maximum atomic E-state index is 13.4. The van der Waals surface area contributed by atoms with E-state index < -0.39 is 22.6 Å². The number of para-hydroxylation sites is 1. The Kier molecular flexibility index (Phi) is 7.12. The molecule has 0 aliphatic rings. The summed E-state index contributed by atoms with van der Waals surface area (Å²) in [5.74, 6) is -1.60. The highest BCUT2D eigenvalue weighted by Gasteiger charge is 2.12. The molecule has 8 nitrogen and oxygen atoms in total. The van der Waals surface area contributed by atoms with Gasteiger partial charge in [-0.05, 0) is 34.1 Å². The first-order chi connectivity index (χ1) is 12.9. The molecule has 0 saturated heterocycles. The summed E-state index contributed by atoms with van der Waals surface area (Å²) < 4.78 is 13.7. The molecule has 140 valence electrons. The van der Waals surface area contributed by atoms with Crippen molar-refractivity contribution in [3.05, 3.63) is 68.4 Å². The average molecular weight is 437 g/mol. The van der Waals surface area contributed by atoms with Crippen molar-refractivity contribution in [1.29, 1.82) is 0 Å². The molecular formula is C17H14BrFN4O4. The monoisotopic (exact) mass is 436 g/mol. The van der Waals surface area contributed by atoms with E-state index in [-0.39, 0.29) is 24.2 Å². The second-order valence-corrected chi connectivity index (χ2v) is 6.14. The van der Waals surface area contributed by atoms with Crippen molar-refractivity contribution in [2.45, 2.75) is 12.8 Å². The molecule has 0 saturated carbocycles. The van der Waals surface area contributed by atoms with Crippen LogP contribution in [0.1, 0.15) is 18.4 Å². The summed E-state index contributed by atoms with van der Waals surface area (Å²) in [5, 5.41) is 16.9. The smallest absolute Gasteiger partial charge is 0.284 e. The molecule has 0 heterocycles. The van der Waals surface area contributed by atoms with Gasteiger partial charge in [-0.25, -0.2) is 9.82 Å². The van der Waals surface area contributed by atoms with E-state index in [1.54, 1.807) is 12.1 Å². The summed E-state index contributed by atoms with van der Waals surface area (Å²) in [6, 6.07) is 10.1. The Morgan fingerprint density at radius 2 is 1.89 bits per heavy atom. The maximum absolute atomic E-state index is 13.4. The molecule has 0 aromatic heterocycles. The fourth-order valence-corrected chi connectivity index (χ4v) is 2.38. The van der Waals surface area contributed by atoms with Crippen LogP contribution in [-0.4, -0.2) is 23.0 Å². The first-order valence-corrected chi connectivity index (χ1v) is 8.46. The topological polar surface area (TPSA) is 114 Å². The first-order valence-electron chi connectivity index (χ1n) is 7.67. The van der Waals surface area contributed by atoms with Crippen LogP contribution in [0.25, 0.3) is 0 Å². The van der Waals surface area contributed by atoms with E-state index in [1.165, 1.54) is 36.5 Å². The Balaban J connectivity index is 1.81. The Morgan fingerprint density at radius 1 is 1.19 bits per heavy atom. The van der Waals surface area contributed by atoms with Crippen LogP contribution in [0, 0.1) is 15.9 Å². The SMILES string of the molecule is O=C(CCC(=O)Nc1ccccc1F)NN=Cc1ccc(Br)c([N+](=O)[O-])c1. The number of nitro groups is 1. The third-order valence-electron chi connectivity index (χ3n) is 3.30. The molecule has 2 amide bonds. The minimum absolute atomic E-state index is 0.0396. The van der Waals surface area contributed by atoms with Crippen LogP contribution in [0.5, 0.6) is 0 Å². The molecule has 2 aromatic carbocycles. The summed E-state index contributed by atoms with van der Waals surface area (Å²) >= 11 is 3.07. The van der Waals surface area contributed by atoms with Crippen molar-refractivity contribution in [2.24, 2.45) is 5.10 Å².